The molecule has 9 heteroatoms. The molecule has 3 amide bonds. The van der Waals surface area contributed by atoms with E-state index in [4.69, 9.17) is 9.47 Å². The molecule has 1 aromatic rings. The van der Waals surface area contributed by atoms with E-state index in [1.54, 1.807) is 10.4 Å². The first-order valence-electron chi connectivity index (χ1n) is 10.7. The Morgan fingerprint density at radius 1 is 1.23 bits per heavy atom. The van der Waals surface area contributed by atoms with Crippen molar-refractivity contribution in [2.75, 3.05) is 33.1 Å². The lowest BCUT2D eigenvalue weighted by atomic mass is 9.91. The molecule has 1 aromatic carbocycles. The molecule has 0 aromatic heterocycles. The summed E-state index contributed by atoms with van der Waals surface area (Å²) >= 11 is 0. The van der Waals surface area contributed by atoms with Gasteiger partial charge in [0.25, 0.3) is 0 Å². The monoisotopic (exact) mass is 435 g/mol. The smallest absolute Gasteiger partial charge is 0.246 e. The maximum Gasteiger partial charge on any atom is 0.246 e. The van der Waals surface area contributed by atoms with Gasteiger partial charge in [-0.2, -0.15) is 0 Å². The summed E-state index contributed by atoms with van der Waals surface area (Å²) in [5.41, 5.74) is 2.70. The van der Waals surface area contributed by atoms with Gasteiger partial charge in [-0.25, -0.2) is 5.48 Å². The minimum absolute atomic E-state index is 0.0934. The molecule has 1 heterocycles. The van der Waals surface area contributed by atoms with Crippen LogP contribution in [-0.2, 0) is 30.3 Å². The average molecular weight is 436 g/mol. The van der Waals surface area contributed by atoms with Crippen molar-refractivity contribution < 1.29 is 29.1 Å². The fourth-order valence-corrected chi connectivity index (χ4v) is 3.70. The van der Waals surface area contributed by atoms with Crippen molar-refractivity contribution in [3.8, 4) is 0 Å². The van der Waals surface area contributed by atoms with Gasteiger partial charge in [-0.15, -0.1) is 0 Å². The SMILES string of the molecule is CCOCOCC(CC(Cc1ccccc1)C(=O)NO)NC(=O)C1CCN(C=O)CC1. The van der Waals surface area contributed by atoms with Crippen LogP contribution >= 0.6 is 0 Å². The fourth-order valence-electron chi connectivity index (χ4n) is 3.70. The lowest BCUT2D eigenvalue weighted by Gasteiger charge is -2.30. The summed E-state index contributed by atoms with van der Waals surface area (Å²) < 4.78 is 10.7. The Kier molecular flexibility index (Phi) is 11.0. The van der Waals surface area contributed by atoms with Crippen LogP contribution in [0.1, 0.15) is 31.7 Å². The van der Waals surface area contributed by atoms with Gasteiger partial charge in [0.05, 0.1) is 12.6 Å². The van der Waals surface area contributed by atoms with Gasteiger partial charge in [0.1, 0.15) is 6.79 Å². The summed E-state index contributed by atoms with van der Waals surface area (Å²) in [5.74, 6) is -1.36. The molecule has 9 nitrogen and oxygen atoms in total. The van der Waals surface area contributed by atoms with Crippen LogP contribution in [0.2, 0.25) is 0 Å². The summed E-state index contributed by atoms with van der Waals surface area (Å²) in [6.45, 7) is 3.75. The van der Waals surface area contributed by atoms with E-state index < -0.39 is 17.9 Å². The van der Waals surface area contributed by atoms with Gasteiger partial charge in [0.15, 0.2) is 0 Å². The molecule has 0 bridgehead atoms. The highest BCUT2D eigenvalue weighted by molar-refractivity contribution is 5.80. The van der Waals surface area contributed by atoms with Crippen LogP contribution < -0.4 is 10.8 Å². The minimum atomic E-state index is -0.551. The standard InChI is InChI=1S/C22H33N3O6/c1-2-30-16-31-14-20(23-21(27)18-8-10-25(15-26)11-9-18)13-19(22(28)24-29)12-17-6-4-3-5-7-17/h3-7,15,18-20,29H,2,8-14,16H2,1H3,(H,23,27)(H,24,28). The molecule has 172 valence electrons. The Morgan fingerprint density at radius 3 is 2.55 bits per heavy atom. The second-order valence-corrected chi connectivity index (χ2v) is 7.70. The molecule has 31 heavy (non-hydrogen) atoms. The van der Waals surface area contributed by atoms with Crippen LogP contribution in [0.15, 0.2) is 30.3 Å². The molecule has 1 aliphatic rings. The molecule has 3 N–H and O–H groups in total. The Morgan fingerprint density at radius 2 is 1.94 bits per heavy atom. The molecular weight excluding hydrogens is 402 g/mol. The highest BCUT2D eigenvalue weighted by atomic mass is 16.7. The fraction of sp³-hybridized carbons (Fsp3) is 0.591. The van der Waals surface area contributed by atoms with E-state index in [0.717, 1.165) is 12.0 Å². The van der Waals surface area contributed by atoms with Crippen molar-refractivity contribution in [2.24, 2.45) is 11.8 Å². The number of piperidine rings is 1. The Hall–Kier alpha value is -2.49. The highest BCUT2D eigenvalue weighted by Gasteiger charge is 2.29. The number of nitrogens with zero attached hydrogens (tertiary/aromatic N) is 1. The lowest BCUT2D eigenvalue weighted by Crippen LogP contribution is -2.47. The van der Waals surface area contributed by atoms with Crippen molar-refractivity contribution in [1.82, 2.24) is 15.7 Å². The number of likely N-dealkylation sites (tertiary alicyclic amines) is 1. The highest BCUT2D eigenvalue weighted by Crippen LogP contribution is 2.19. The van der Waals surface area contributed by atoms with Crippen LogP contribution in [0.5, 0.6) is 0 Å². The molecule has 1 fully saturated rings. The van der Waals surface area contributed by atoms with Crippen molar-refractivity contribution in [3.63, 3.8) is 0 Å². The van der Waals surface area contributed by atoms with Gasteiger partial charge in [0, 0.05) is 31.5 Å². The third-order valence-corrected chi connectivity index (χ3v) is 5.46. The maximum atomic E-state index is 12.8. The number of carbonyl (C=O) groups is 3. The third kappa shape index (κ3) is 8.64. The lowest BCUT2D eigenvalue weighted by molar-refractivity contribution is -0.135. The van der Waals surface area contributed by atoms with E-state index >= 15 is 0 Å². The minimum Gasteiger partial charge on any atom is -0.356 e. The van der Waals surface area contributed by atoms with Crippen LogP contribution in [0.4, 0.5) is 0 Å². The molecule has 2 atom stereocenters. The Labute approximate surface area is 183 Å². The van der Waals surface area contributed by atoms with Crippen LogP contribution in [0.3, 0.4) is 0 Å². The number of nitrogens with one attached hydrogen (secondary N) is 2. The van der Waals surface area contributed by atoms with Crippen LogP contribution in [0, 0.1) is 11.8 Å². The molecule has 1 aliphatic heterocycles. The molecule has 0 radical (unpaired) electrons. The first kappa shape index (κ1) is 24.8. The quantitative estimate of drug-likeness (QED) is 0.140. The summed E-state index contributed by atoms with van der Waals surface area (Å²) in [4.78, 5) is 37.7. The zero-order chi connectivity index (χ0) is 22.5. The summed E-state index contributed by atoms with van der Waals surface area (Å²) in [6.07, 6.45) is 2.72. The Balaban J connectivity index is 2.02. The van der Waals surface area contributed by atoms with E-state index in [0.29, 0.717) is 45.4 Å². The Bertz CT molecular complexity index is 679. The van der Waals surface area contributed by atoms with Gasteiger partial charge in [0.2, 0.25) is 18.2 Å². The van der Waals surface area contributed by atoms with Crippen molar-refractivity contribution in [3.05, 3.63) is 35.9 Å². The van der Waals surface area contributed by atoms with Crippen molar-refractivity contribution in [1.29, 1.82) is 0 Å². The van der Waals surface area contributed by atoms with Gasteiger partial charge in [-0.05, 0) is 38.2 Å². The van der Waals surface area contributed by atoms with Crippen molar-refractivity contribution >= 4 is 18.2 Å². The molecule has 0 aliphatic carbocycles. The van der Waals surface area contributed by atoms with E-state index in [9.17, 15) is 19.6 Å². The number of benzene rings is 1. The summed E-state index contributed by atoms with van der Waals surface area (Å²) in [6, 6.07) is 9.07. The number of rotatable bonds is 13. The number of hydrogen-bond acceptors (Lipinski definition) is 6. The number of ether oxygens (including phenoxy) is 2. The van der Waals surface area contributed by atoms with Crippen LogP contribution in [-0.4, -0.2) is 67.5 Å². The summed E-state index contributed by atoms with van der Waals surface area (Å²) in [5, 5.41) is 12.2. The zero-order valence-corrected chi connectivity index (χ0v) is 18.0. The van der Waals surface area contributed by atoms with Crippen LogP contribution in [0.25, 0.3) is 0 Å². The van der Waals surface area contributed by atoms with Gasteiger partial charge in [-0.1, -0.05) is 30.3 Å². The number of hydroxylamine groups is 1. The molecule has 1 saturated heterocycles. The topological polar surface area (TPSA) is 117 Å². The second-order valence-electron chi connectivity index (χ2n) is 7.70. The van der Waals surface area contributed by atoms with Gasteiger partial charge < -0.3 is 19.7 Å². The molecule has 2 rings (SSSR count). The predicted molar refractivity (Wildman–Crippen MR) is 113 cm³/mol. The van der Waals surface area contributed by atoms with E-state index in [1.807, 2.05) is 37.3 Å². The largest absolute Gasteiger partial charge is 0.356 e. The van der Waals surface area contributed by atoms with Gasteiger partial charge >= 0.3 is 0 Å². The van der Waals surface area contributed by atoms with E-state index in [2.05, 4.69) is 5.32 Å². The third-order valence-electron chi connectivity index (χ3n) is 5.46. The number of hydrogen-bond donors (Lipinski definition) is 3. The molecule has 0 saturated carbocycles. The number of amides is 3. The van der Waals surface area contributed by atoms with Gasteiger partial charge in [-0.3, -0.25) is 19.6 Å². The zero-order valence-electron chi connectivity index (χ0n) is 18.0. The summed E-state index contributed by atoms with van der Waals surface area (Å²) in [7, 11) is 0. The van der Waals surface area contributed by atoms with Crippen molar-refractivity contribution in [2.45, 2.75) is 38.6 Å². The molecular formula is C22H33N3O6. The normalized spacial score (nSPS) is 16.4. The first-order valence-corrected chi connectivity index (χ1v) is 10.7. The maximum absolute atomic E-state index is 12.8. The average Bonchev–Trinajstić information content (AvgIpc) is 2.81. The van der Waals surface area contributed by atoms with E-state index in [1.165, 1.54) is 0 Å². The second kappa shape index (κ2) is 13.7. The van der Waals surface area contributed by atoms with E-state index in [-0.39, 0.29) is 25.2 Å². The first-order chi connectivity index (χ1) is 15.1. The predicted octanol–water partition coefficient (Wildman–Crippen LogP) is 1.10. The molecule has 0 spiro atoms. The number of carbonyl (C=O) groups excluding carboxylic acids is 3. The molecule has 2 unspecified atom stereocenters.